The Morgan fingerprint density at radius 2 is 1.96 bits per heavy atom. The molecule has 1 atom stereocenters. The molecular weight excluding hydrogens is 314 g/mol. The molecule has 0 bridgehead atoms. The van der Waals surface area contributed by atoms with Crippen LogP contribution in [0.1, 0.15) is 23.5 Å². The Bertz CT molecular complexity index is 827. The summed E-state index contributed by atoms with van der Waals surface area (Å²) in [6.07, 6.45) is 3.42. The molecule has 0 aliphatic rings. The van der Waals surface area contributed by atoms with Gasteiger partial charge in [-0.2, -0.15) is 4.98 Å². The number of fused-ring (bicyclic) bond motifs is 1. The van der Waals surface area contributed by atoms with Crippen molar-refractivity contribution < 1.29 is 0 Å². The van der Waals surface area contributed by atoms with Gasteiger partial charge in [0.25, 0.3) is 5.56 Å². The van der Waals surface area contributed by atoms with Crippen LogP contribution in [0.4, 0.5) is 5.95 Å². The summed E-state index contributed by atoms with van der Waals surface area (Å²) >= 11 is 0. The summed E-state index contributed by atoms with van der Waals surface area (Å²) < 4.78 is 0. The van der Waals surface area contributed by atoms with E-state index in [2.05, 4.69) is 27.1 Å². The van der Waals surface area contributed by atoms with Crippen molar-refractivity contribution >= 4 is 29.4 Å². The maximum absolute atomic E-state index is 12.1. The summed E-state index contributed by atoms with van der Waals surface area (Å²) in [7, 11) is 0. The summed E-state index contributed by atoms with van der Waals surface area (Å²) in [6.45, 7) is 0.601. The van der Waals surface area contributed by atoms with E-state index in [0.717, 1.165) is 18.4 Å². The molecule has 2 aromatic heterocycles. The first-order valence-electron chi connectivity index (χ1n) is 7.30. The number of nitrogen functional groups attached to an aromatic ring is 1. The maximum Gasteiger partial charge on any atom is 0.262 e. The number of H-pyrrole nitrogens is 2. The number of nitrogens with one attached hydrogen (secondary N) is 2. The smallest absolute Gasteiger partial charge is 0.262 e. The van der Waals surface area contributed by atoms with Crippen LogP contribution in [0.25, 0.3) is 11.0 Å². The Kier molecular flexibility index (Phi) is 5.41. The van der Waals surface area contributed by atoms with E-state index >= 15 is 0 Å². The topological polar surface area (TPSA) is 114 Å². The van der Waals surface area contributed by atoms with Gasteiger partial charge < -0.3 is 16.5 Å². The highest BCUT2D eigenvalue weighted by Gasteiger charge is 2.16. The molecule has 0 saturated carbocycles. The summed E-state index contributed by atoms with van der Waals surface area (Å²) in [4.78, 5) is 21.8. The molecule has 0 amide bonds. The molecular formula is C16H20ClN5O. The molecule has 0 saturated heterocycles. The first-order chi connectivity index (χ1) is 10.7. The van der Waals surface area contributed by atoms with Crippen LogP contribution in [-0.2, 0) is 6.42 Å². The number of aromatic nitrogens is 3. The predicted molar refractivity (Wildman–Crippen MR) is 94.9 cm³/mol. The van der Waals surface area contributed by atoms with E-state index in [4.69, 9.17) is 11.5 Å². The third kappa shape index (κ3) is 3.55. The van der Waals surface area contributed by atoms with Crippen LogP contribution in [0.3, 0.4) is 0 Å². The molecule has 0 aliphatic carbocycles. The highest BCUT2D eigenvalue weighted by molar-refractivity contribution is 5.85. The number of halogens is 1. The SMILES string of the molecule is Cl.NCCC(Cc1c[nH]c2nc(N)[nH]c(=O)c12)c1ccccc1. The van der Waals surface area contributed by atoms with Crippen molar-refractivity contribution in [3.63, 3.8) is 0 Å². The third-order valence-electron chi connectivity index (χ3n) is 3.89. The fourth-order valence-corrected chi connectivity index (χ4v) is 2.86. The van der Waals surface area contributed by atoms with Gasteiger partial charge >= 0.3 is 0 Å². The first-order valence-corrected chi connectivity index (χ1v) is 7.30. The minimum atomic E-state index is -0.210. The van der Waals surface area contributed by atoms with Crippen LogP contribution in [0.5, 0.6) is 0 Å². The molecule has 23 heavy (non-hydrogen) atoms. The van der Waals surface area contributed by atoms with E-state index in [-0.39, 0.29) is 29.8 Å². The zero-order chi connectivity index (χ0) is 15.5. The average molecular weight is 334 g/mol. The second-order valence-electron chi connectivity index (χ2n) is 5.38. The summed E-state index contributed by atoms with van der Waals surface area (Å²) in [5, 5.41) is 0.576. The van der Waals surface area contributed by atoms with Gasteiger partial charge in [-0.15, -0.1) is 12.4 Å². The van der Waals surface area contributed by atoms with Crippen molar-refractivity contribution in [2.24, 2.45) is 5.73 Å². The van der Waals surface area contributed by atoms with E-state index in [1.807, 2.05) is 24.4 Å². The van der Waals surface area contributed by atoms with Crippen molar-refractivity contribution in [2.45, 2.75) is 18.8 Å². The van der Waals surface area contributed by atoms with Crippen molar-refractivity contribution in [2.75, 3.05) is 12.3 Å². The second-order valence-corrected chi connectivity index (χ2v) is 5.38. The molecule has 3 rings (SSSR count). The molecule has 6 N–H and O–H groups in total. The largest absolute Gasteiger partial charge is 0.369 e. The molecule has 2 heterocycles. The highest BCUT2D eigenvalue weighted by atomic mass is 35.5. The fourth-order valence-electron chi connectivity index (χ4n) is 2.86. The van der Waals surface area contributed by atoms with Crippen molar-refractivity contribution in [3.05, 3.63) is 58.0 Å². The van der Waals surface area contributed by atoms with Crippen LogP contribution in [-0.4, -0.2) is 21.5 Å². The second kappa shape index (κ2) is 7.30. The number of anilines is 1. The summed E-state index contributed by atoms with van der Waals surface area (Å²) in [5.41, 5.74) is 13.8. The summed E-state index contributed by atoms with van der Waals surface area (Å²) in [6, 6.07) is 10.2. The van der Waals surface area contributed by atoms with Gasteiger partial charge in [0.05, 0.1) is 5.39 Å². The molecule has 3 aromatic rings. The number of nitrogens with zero attached hydrogens (tertiary/aromatic N) is 1. The monoisotopic (exact) mass is 333 g/mol. The van der Waals surface area contributed by atoms with Crippen LogP contribution < -0.4 is 17.0 Å². The summed E-state index contributed by atoms with van der Waals surface area (Å²) in [5.74, 6) is 0.384. The lowest BCUT2D eigenvalue weighted by atomic mass is 9.89. The Morgan fingerprint density at radius 1 is 1.22 bits per heavy atom. The molecule has 0 aliphatic heterocycles. The van der Waals surface area contributed by atoms with Gasteiger partial charge in [0.1, 0.15) is 5.65 Å². The number of nitrogens with two attached hydrogens (primary N) is 2. The number of hydrogen-bond donors (Lipinski definition) is 4. The third-order valence-corrected chi connectivity index (χ3v) is 3.89. The van der Waals surface area contributed by atoms with Crippen LogP contribution in [0.2, 0.25) is 0 Å². The van der Waals surface area contributed by atoms with Crippen molar-refractivity contribution in [3.8, 4) is 0 Å². The van der Waals surface area contributed by atoms with Gasteiger partial charge in [-0.05, 0) is 36.4 Å². The van der Waals surface area contributed by atoms with Gasteiger partial charge in [-0.3, -0.25) is 9.78 Å². The van der Waals surface area contributed by atoms with Crippen molar-refractivity contribution in [1.29, 1.82) is 0 Å². The van der Waals surface area contributed by atoms with Gasteiger partial charge in [0, 0.05) is 6.20 Å². The molecule has 7 heteroatoms. The van der Waals surface area contributed by atoms with Crippen molar-refractivity contribution in [1.82, 2.24) is 15.0 Å². The first kappa shape index (κ1) is 17.1. The number of benzene rings is 1. The number of rotatable bonds is 5. The van der Waals surface area contributed by atoms with E-state index in [9.17, 15) is 4.79 Å². The lowest BCUT2D eigenvalue weighted by molar-refractivity contribution is 0.632. The minimum Gasteiger partial charge on any atom is -0.369 e. The quantitative estimate of drug-likeness (QED) is 0.571. The van der Waals surface area contributed by atoms with Gasteiger partial charge in [-0.25, -0.2) is 0 Å². The molecule has 1 unspecified atom stereocenters. The Labute approximate surface area is 139 Å². The number of aromatic amines is 2. The average Bonchev–Trinajstić information content (AvgIpc) is 2.91. The van der Waals surface area contributed by atoms with E-state index in [1.54, 1.807) is 0 Å². The van der Waals surface area contributed by atoms with E-state index < -0.39 is 0 Å². The molecule has 0 spiro atoms. The zero-order valence-corrected chi connectivity index (χ0v) is 13.4. The van der Waals surface area contributed by atoms with Gasteiger partial charge in [0.15, 0.2) is 0 Å². The standard InChI is InChI=1S/C16H19N5O.ClH/c17-7-6-11(10-4-2-1-3-5-10)8-12-9-19-14-13(12)15(22)21-16(18)20-14;/h1-5,9,11H,6-8,17H2,(H4,18,19,20,21,22);1H. The lowest BCUT2D eigenvalue weighted by Gasteiger charge is -2.16. The zero-order valence-electron chi connectivity index (χ0n) is 12.6. The normalized spacial score (nSPS) is 12.0. The fraction of sp³-hybridized carbons (Fsp3) is 0.250. The van der Waals surface area contributed by atoms with Crippen LogP contribution >= 0.6 is 12.4 Å². The highest BCUT2D eigenvalue weighted by Crippen LogP contribution is 2.26. The number of hydrogen-bond acceptors (Lipinski definition) is 4. The maximum atomic E-state index is 12.1. The van der Waals surface area contributed by atoms with Gasteiger partial charge in [-0.1, -0.05) is 30.3 Å². The van der Waals surface area contributed by atoms with Crippen LogP contribution in [0.15, 0.2) is 41.3 Å². The molecule has 0 fully saturated rings. The Morgan fingerprint density at radius 3 is 2.65 bits per heavy atom. The Hall–Kier alpha value is -2.31. The lowest BCUT2D eigenvalue weighted by Crippen LogP contribution is -2.14. The minimum absolute atomic E-state index is 0. The molecule has 6 nitrogen and oxygen atoms in total. The Balaban J connectivity index is 0.00000192. The van der Waals surface area contributed by atoms with E-state index in [0.29, 0.717) is 17.6 Å². The molecule has 1 aromatic carbocycles. The molecule has 122 valence electrons. The molecule has 0 radical (unpaired) electrons. The van der Waals surface area contributed by atoms with Crippen LogP contribution in [0, 0.1) is 0 Å². The van der Waals surface area contributed by atoms with Gasteiger partial charge in [0.2, 0.25) is 5.95 Å². The predicted octanol–water partition coefficient (Wildman–Crippen LogP) is 1.93. The van der Waals surface area contributed by atoms with E-state index in [1.165, 1.54) is 5.56 Å².